The number of likely N-dealkylation sites (tertiary alicyclic amines) is 1. The average molecular weight is 338 g/mol. The van der Waals surface area contributed by atoms with Gasteiger partial charge in [0.1, 0.15) is 0 Å². The lowest BCUT2D eigenvalue weighted by Gasteiger charge is -2.18. The van der Waals surface area contributed by atoms with Crippen LogP contribution in [0.4, 0.5) is 0 Å². The number of nitrogens with two attached hydrogens (primary N) is 1. The van der Waals surface area contributed by atoms with E-state index < -0.39 is 0 Å². The topological polar surface area (TPSA) is 47.1 Å². The van der Waals surface area contributed by atoms with Crippen molar-refractivity contribution in [2.45, 2.75) is 32.9 Å². The lowest BCUT2D eigenvalue weighted by Crippen LogP contribution is -2.30. The minimum Gasteiger partial charge on any atom is -0.328 e. The first-order valence-electron chi connectivity index (χ1n) is 6.15. The first kappa shape index (κ1) is 16.0. The second-order valence-corrected chi connectivity index (χ2v) is 5.91. The number of hydrogen-bond acceptors (Lipinski definition) is 3. The van der Waals surface area contributed by atoms with Crippen molar-refractivity contribution < 1.29 is 0 Å². The maximum atomic E-state index is 5.96. The Labute approximate surface area is 123 Å². The summed E-state index contributed by atoms with van der Waals surface area (Å²) in [5, 5.41) is 4.43. The Bertz CT molecular complexity index is 405. The SMILES string of the molecule is Cc1nn(C)c(CN2CCC(C(C)N)C2)c1Br.Cl. The molecule has 0 radical (unpaired) electrons. The van der Waals surface area contributed by atoms with Gasteiger partial charge in [0.2, 0.25) is 0 Å². The molecule has 2 atom stereocenters. The minimum absolute atomic E-state index is 0. The van der Waals surface area contributed by atoms with Gasteiger partial charge in [-0.2, -0.15) is 5.10 Å². The largest absolute Gasteiger partial charge is 0.328 e. The van der Waals surface area contributed by atoms with Crippen LogP contribution in [0.15, 0.2) is 4.47 Å². The van der Waals surface area contributed by atoms with E-state index in [9.17, 15) is 0 Å². The smallest absolute Gasteiger partial charge is 0.0739 e. The lowest BCUT2D eigenvalue weighted by molar-refractivity contribution is 0.299. The summed E-state index contributed by atoms with van der Waals surface area (Å²) in [5.41, 5.74) is 8.28. The highest BCUT2D eigenvalue weighted by Crippen LogP contribution is 2.25. The number of aryl methyl sites for hydroxylation is 2. The first-order chi connectivity index (χ1) is 7.99. The third-order valence-corrected chi connectivity index (χ3v) is 4.72. The quantitative estimate of drug-likeness (QED) is 0.918. The summed E-state index contributed by atoms with van der Waals surface area (Å²) < 4.78 is 3.11. The van der Waals surface area contributed by atoms with Gasteiger partial charge < -0.3 is 5.73 Å². The minimum atomic E-state index is 0. The normalized spacial score (nSPS) is 21.9. The molecule has 1 aliphatic rings. The Kier molecular flexibility index (Phi) is 5.65. The summed E-state index contributed by atoms with van der Waals surface area (Å²) in [7, 11) is 2.01. The lowest BCUT2D eigenvalue weighted by atomic mass is 10.0. The van der Waals surface area contributed by atoms with Crippen LogP contribution in [0, 0.1) is 12.8 Å². The molecule has 1 saturated heterocycles. The zero-order valence-corrected chi connectivity index (χ0v) is 13.6. The second kappa shape index (κ2) is 6.37. The molecule has 2 N–H and O–H groups in total. The predicted molar refractivity (Wildman–Crippen MR) is 79.9 cm³/mol. The van der Waals surface area contributed by atoms with Gasteiger partial charge in [0.15, 0.2) is 0 Å². The first-order valence-corrected chi connectivity index (χ1v) is 6.94. The van der Waals surface area contributed by atoms with Crippen LogP contribution in [0.2, 0.25) is 0 Å². The fourth-order valence-electron chi connectivity index (χ4n) is 2.50. The second-order valence-electron chi connectivity index (χ2n) is 5.11. The molecule has 104 valence electrons. The summed E-state index contributed by atoms with van der Waals surface area (Å²) in [4.78, 5) is 2.47. The van der Waals surface area contributed by atoms with E-state index in [2.05, 4.69) is 32.9 Å². The Balaban J connectivity index is 0.00000162. The van der Waals surface area contributed by atoms with Gasteiger partial charge in [0.25, 0.3) is 0 Å². The van der Waals surface area contributed by atoms with E-state index in [1.807, 2.05) is 18.7 Å². The van der Waals surface area contributed by atoms with Crippen LogP contribution in [0.5, 0.6) is 0 Å². The van der Waals surface area contributed by atoms with Gasteiger partial charge >= 0.3 is 0 Å². The van der Waals surface area contributed by atoms with Crippen LogP contribution in [0.1, 0.15) is 24.7 Å². The van der Waals surface area contributed by atoms with Gasteiger partial charge in [-0.05, 0) is 48.7 Å². The fraction of sp³-hybridized carbons (Fsp3) is 0.750. The summed E-state index contributed by atoms with van der Waals surface area (Å²) >= 11 is 3.62. The average Bonchev–Trinajstić information content (AvgIpc) is 2.80. The van der Waals surface area contributed by atoms with Crippen molar-refractivity contribution in [3.05, 3.63) is 15.9 Å². The number of hydrogen-bond donors (Lipinski definition) is 1. The number of nitrogens with zero attached hydrogens (tertiary/aromatic N) is 3. The van der Waals surface area contributed by atoms with Crippen molar-refractivity contribution in [1.29, 1.82) is 0 Å². The number of rotatable bonds is 3. The van der Waals surface area contributed by atoms with E-state index >= 15 is 0 Å². The predicted octanol–water partition coefficient (Wildman–Crippen LogP) is 2.08. The summed E-state index contributed by atoms with van der Waals surface area (Å²) in [5.74, 6) is 0.642. The van der Waals surface area contributed by atoms with Crippen LogP contribution in [-0.2, 0) is 13.6 Å². The molecule has 2 unspecified atom stereocenters. The fourth-order valence-corrected chi connectivity index (χ4v) is 2.96. The summed E-state index contributed by atoms with van der Waals surface area (Å²) in [6, 6.07) is 0.303. The van der Waals surface area contributed by atoms with Crippen LogP contribution in [0.3, 0.4) is 0 Å². The van der Waals surface area contributed by atoms with Crippen molar-refractivity contribution in [1.82, 2.24) is 14.7 Å². The molecule has 1 aliphatic heterocycles. The van der Waals surface area contributed by atoms with E-state index in [0.29, 0.717) is 12.0 Å². The standard InChI is InChI=1S/C12H21BrN4.ClH/c1-8(14)10-4-5-17(6-10)7-11-12(13)9(2)15-16(11)3;/h8,10H,4-7,14H2,1-3H3;1H. The van der Waals surface area contributed by atoms with Gasteiger partial charge in [-0.25, -0.2) is 0 Å². The van der Waals surface area contributed by atoms with Gasteiger partial charge in [0.05, 0.1) is 15.9 Å². The number of aromatic nitrogens is 2. The molecule has 2 heterocycles. The highest BCUT2D eigenvalue weighted by molar-refractivity contribution is 9.10. The van der Waals surface area contributed by atoms with Crippen LogP contribution >= 0.6 is 28.3 Å². The van der Waals surface area contributed by atoms with Gasteiger partial charge in [-0.3, -0.25) is 9.58 Å². The molecular weight excluding hydrogens is 316 g/mol. The van der Waals surface area contributed by atoms with E-state index in [1.165, 1.54) is 12.1 Å². The van der Waals surface area contributed by atoms with Crippen LogP contribution in [-0.4, -0.2) is 33.8 Å². The molecule has 0 saturated carbocycles. The zero-order chi connectivity index (χ0) is 12.6. The molecule has 1 fully saturated rings. The third-order valence-electron chi connectivity index (χ3n) is 3.69. The molecule has 18 heavy (non-hydrogen) atoms. The van der Waals surface area contributed by atoms with E-state index in [0.717, 1.165) is 29.8 Å². The highest BCUT2D eigenvalue weighted by Gasteiger charge is 2.26. The van der Waals surface area contributed by atoms with E-state index in [4.69, 9.17) is 5.73 Å². The highest BCUT2D eigenvalue weighted by atomic mass is 79.9. The van der Waals surface area contributed by atoms with Crippen molar-refractivity contribution in [3.63, 3.8) is 0 Å². The van der Waals surface area contributed by atoms with E-state index in [1.54, 1.807) is 0 Å². The monoisotopic (exact) mass is 336 g/mol. The molecule has 6 heteroatoms. The molecular formula is C12H22BrClN4. The molecule has 1 aromatic heterocycles. The van der Waals surface area contributed by atoms with Crippen LogP contribution in [0.25, 0.3) is 0 Å². The molecule has 0 spiro atoms. The van der Waals surface area contributed by atoms with Gasteiger partial charge in [-0.15, -0.1) is 12.4 Å². The molecule has 0 aliphatic carbocycles. The van der Waals surface area contributed by atoms with Crippen molar-refractivity contribution in [2.24, 2.45) is 18.7 Å². The Morgan fingerprint density at radius 2 is 2.22 bits per heavy atom. The third kappa shape index (κ3) is 3.26. The Hall–Kier alpha value is -0.100. The molecule has 1 aromatic rings. The maximum absolute atomic E-state index is 5.96. The van der Waals surface area contributed by atoms with Gasteiger partial charge in [-0.1, -0.05) is 0 Å². The molecule has 0 amide bonds. The molecule has 2 rings (SSSR count). The van der Waals surface area contributed by atoms with E-state index in [-0.39, 0.29) is 12.4 Å². The number of halogens is 2. The molecule has 0 bridgehead atoms. The van der Waals surface area contributed by atoms with Gasteiger partial charge in [0, 0.05) is 26.2 Å². The Morgan fingerprint density at radius 1 is 1.56 bits per heavy atom. The van der Waals surface area contributed by atoms with Crippen LogP contribution < -0.4 is 5.73 Å². The zero-order valence-electron chi connectivity index (χ0n) is 11.2. The molecule has 4 nitrogen and oxygen atoms in total. The Morgan fingerprint density at radius 3 is 2.67 bits per heavy atom. The maximum Gasteiger partial charge on any atom is 0.0739 e. The summed E-state index contributed by atoms with van der Waals surface area (Å²) in [6.45, 7) is 7.35. The van der Waals surface area contributed by atoms with Crippen molar-refractivity contribution >= 4 is 28.3 Å². The molecule has 0 aromatic carbocycles. The van der Waals surface area contributed by atoms with Crippen molar-refractivity contribution in [3.8, 4) is 0 Å². The van der Waals surface area contributed by atoms with Crippen molar-refractivity contribution in [2.75, 3.05) is 13.1 Å². The summed E-state index contributed by atoms with van der Waals surface area (Å²) in [6.07, 6.45) is 1.21.